The standard InChI is InChI=1S/C36H34ClF4N8O3/c1-46(23-12-18-47(20-23)28(50)11-10-27-42-33(45-52-27)36(39,40)41)32-24-13-19-49(26-9-3-7-22-6-2-8-25(37)29(22)26)31(38)30(24)43-34(44-32)51-21-35-14-4-16-48(35)17-5-15-35/h2-3,6-11,13,19,23H,4-5,12,14-18,20-21H2,1H3/q+1/b11-10+/t23-/m1/s1. The predicted octanol–water partition coefficient (Wildman–Crippen LogP) is 6.01. The van der Waals surface area contributed by atoms with Crippen LogP contribution in [-0.2, 0) is 11.0 Å². The van der Waals surface area contributed by atoms with Gasteiger partial charge < -0.3 is 19.1 Å². The number of likely N-dealkylation sites (tertiary alicyclic amines) is 1. The molecule has 2 aromatic carbocycles. The van der Waals surface area contributed by atoms with Crippen molar-refractivity contribution in [1.82, 2.24) is 29.9 Å². The van der Waals surface area contributed by atoms with E-state index >= 15 is 4.39 Å². The van der Waals surface area contributed by atoms with Gasteiger partial charge in [-0.05, 0) is 56.6 Å². The van der Waals surface area contributed by atoms with Crippen LogP contribution in [0.15, 0.2) is 59.3 Å². The first-order valence-corrected chi connectivity index (χ1v) is 17.5. The Morgan fingerprint density at radius 2 is 1.88 bits per heavy atom. The Kier molecular flexibility index (Phi) is 8.73. The van der Waals surface area contributed by atoms with Crippen LogP contribution in [0.25, 0.3) is 33.4 Å². The number of carbonyl (C=O) groups excluding carboxylic acids is 1. The molecule has 0 bridgehead atoms. The molecule has 1 atom stereocenters. The molecule has 270 valence electrons. The highest BCUT2D eigenvalue weighted by atomic mass is 35.5. The number of pyridine rings is 1. The van der Waals surface area contributed by atoms with Crippen molar-refractivity contribution < 1.29 is 36.2 Å². The highest BCUT2D eigenvalue weighted by Gasteiger charge is 2.45. The smallest absolute Gasteiger partial charge is 0.455 e. The van der Waals surface area contributed by atoms with Gasteiger partial charge in [-0.15, -0.1) is 8.96 Å². The quantitative estimate of drug-likeness (QED) is 0.0820. The first kappa shape index (κ1) is 34.2. The molecule has 1 amide bonds. The summed E-state index contributed by atoms with van der Waals surface area (Å²) in [5.74, 6) is -2.46. The molecular formula is C36H34ClF4N8O3+. The molecule has 3 aliphatic rings. The number of hydrogen-bond donors (Lipinski definition) is 0. The summed E-state index contributed by atoms with van der Waals surface area (Å²) >= 11 is 6.62. The molecule has 3 aliphatic heterocycles. The Morgan fingerprint density at radius 3 is 2.63 bits per heavy atom. The highest BCUT2D eigenvalue weighted by molar-refractivity contribution is 6.36. The van der Waals surface area contributed by atoms with E-state index in [1.165, 1.54) is 4.57 Å². The fourth-order valence-electron chi connectivity index (χ4n) is 7.83. The lowest BCUT2D eigenvalue weighted by molar-refractivity contribution is -0.624. The van der Waals surface area contributed by atoms with Gasteiger partial charge in [0.05, 0.1) is 21.3 Å². The number of carbonyl (C=O) groups is 1. The maximum absolute atomic E-state index is 16.8. The van der Waals surface area contributed by atoms with Crippen LogP contribution in [0.2, 0.25) is 5.02 Å². The minimum atomic E-state index is -4.76. The second-order valence-corrected chi connectivity index (χ2v) is 13.9. The second kappa shape index (κ2) is 13.3. The molecule has 0 unspecified atom stereocenters. The third kappa shape index (κ3) is 6.19. The molecule has 3 fully saturated rings. The number of halogens is 5. The summed E-state index contributed by atoms with van der Waals surface area (Å²) in [5.41, 5.74) is 0.532. The lowest BCUT2D eigenvalue weighted by Gasteiger charge is -2.31. The number of alkyl halides is 3. The van der Waals surface area contributed by atoms with Gasteiger partial charge in [-0.1, -0.05) is 41.0 Å². The summed E-state index contributed by atoms with van der Waals surface area (Å²) in [6.07, 6.45) is 3.79. The number of nitrogens with zero attached hydrogens (tertiary/aromatic N) is 8. The van der Waals surface area contributed by atoms with Gasteiger partial charge in [0.1, 0.15) is 12.4 Å². The molecule has 0 spiro atoms. The SMILES string of the molecule is CN(c1nc(OCC23CCCN2CCC3)nc2c(F)[n+](-c3cccc4cccc(Cl)c34)ccc12)[C@@H]1CCN(C(=O)/C=C/c2nc(C(F)(F)F)no2)C1. The number of anilines is 1. The minimum Gasteiger partial charge on any atom is -0.461 e. The summed E-state index contributed by atoms with van der Waals surface area (Å²) < 4.78 is 67.8. The molecule has 6 heterocycles. The largest absolute Gasteiger partial charge is 0.461 e. The Morgan fingerprint density at radius 1 is 1.12 bits per heavy atom. The van der Waals surface area contributed by atoms with E-state index in [1.54, 1.807) is 29.3 Å². The number of ether oxygens (including phenoxy) is 1. The molecule has 3 saturated heterocycles. The van der Waals surface area contributed by atoms with E-state index in [2.05, 4.69) is 24.5 Å². The van der Waals surface area contributed by atoms with Gasteiger partial charge in [-0.3, -0.25) is 9.69 Å². The average Bonchev–Trinajstić information content (AvgIpc) is 3.94. The van der Waals surface area contributed by atoms with Crippen molar-refractivity contribution in [1.29, 1.82) is 0 Å². The number of aromatic nitrogens is 5. The van der Waals surface area contributed by atoms with Gasteiger partial charge in [0.15, 0.2) is 11.7 Å². The Balaban J connectivity index is 1.11. The third-order valence-electron chi connectivity index (χ3n) is 10.5. The van der Waals surface area contributed by atoms with Crippen LogP contribution in [0.1, 0.15) is 43.8 Å². The lowest BCUT2D eigenvalue weighted by atomic mass is 9.95. The van der Waals surface area contributed by atoms with Gasteiger partial charge in [-0.2, -0.15) is 28.1 Å². The molecule has 52 heavy (non-hydrogen) atoms. The van der Waals surface area contributed by atoms with Crippen molar-refractivity contribution in [3.05, 3.63) is 77.4 Å². The first-order chi connectivity index (χ1) is 25.0. The van der Waals surface area contributed by atoms with Gasteiger partial charge in [0, 0.05) is 50.5 Å². The number of amides is 1. The molecule has 0 radical (unpaired) electrons. The van der Waals surface area contributed by atoms with E-state index in [0.29, 0.717) is 46.9 Å². The van der Waals surface area contributed by atoms with Crippen LogP contribution in [0.4, 0.5) is 23.4 Å². The summed E-state index contributed by atoms with van der Waals surface area (Å²) in [6, 6.07) is 12.7. The lowest BCUT2D eigenvalue weighted by Crippen LogP contribution is -2.43. The summed E-state index contributed by atoms with van der Waals surface area (Å²) in [4.78, 5) is 31.7. The van der Waals surface area contributed by atoms with E-state index in [0.717, 1.165) is 56.3 Å². The number of likely N-dealkylation sites (N-methyl/N-ethyl adjacent to an activating group) is 1. The molecule has 11 nitrogen and oxygen atoms in total. The Hall–Kier alpha value is -4.89. The maximum Gasteiger partial charge on any atom is 0.455 e. The van der Waals surface area contributed by atoms with E-state index in [9.17, 15) is 18.0 Å². The third-order valence-corrected chi connectivity index (χ3v) is 10.8. The average molecular weight is 738 g/mol. The van der Waals surface area contributed by atoms with Gasteiger partial charge in [-0.25, -0.2) is 0 Å². The molecule has 0 aliphatic carbocycles. The normalized spacial score (nSPS) is 19.0. The topological polar surface area (TPSA) is 105 Å². The summed E-state index contributed by atoms with van der Waals surface area (Å²) in [5, 5.41) is 5.41. The first-order valence-electron chi connectivity index (χ1n) is 17.1. The zero-order valence-electron chi connectivity index (χ0n) is 28.1. The van der Waals surface area contributed by atoms with Crippen LogP contribution < -0.4 is 14.2 Å². The van der Waals surface area contributed by atoms with Crippen LogP contribution in [0, 0.1) is 5.95 Å². The molecule has 16 heteroatoms. The fraction of sp³-hybridized carbons (Fsp3) is 0.389. The van der Waals surface area contributed by atoms with Crippen molar-refractivity contribution >= 4 is 51.1 Å². The minimum absolute atomic E-state index is 0.0572. The Labute approximate surface area is 300 Å². The molecule has 5 aromatic rings. The van der Waals surface area contributed by atoms with Gasteiger partial charge in [0.25, 0.3) is 11.7 Å². The number of benzene rings is 2. The summed E-state index contributed by atoms with van der Waals surface area (Å²) in [7, 11) is 1.83. The number of fused-ring (bicyclic) bond motifs is 3. The predicted molar refractivity (Wildman–Crippen MR) is 184 cm³/mol. The van der Waals surface area contributed by atoms with Gasteiger partial charge >= 0.3 is 18.1 Å². The maximum atomic E-state index is 16.8. The van der Waals surface area contributed by atoms with Crippen molar-refractivity contribution in [2.45, 2.75) is 49.9 Å². The zero-order valence-corrected chi connectivity index (χ0v) is 28.9. The molecular weight excluding hydrogens is 704 g/mol. The second-order valence-electron chi connectivity index (χ2n) is 13.5. The zero-order chi connectivity index (χ0) is 36.2. The van der Waals surface area contributed by atoms with Crippen LogP contribution in [-0.4, -0.2) is 87.2 Å². The van der Waals surface area contributed by atoms with Crippen molar-refractivity contribution in [2.75, 3.05) is 44.7 Å². The molecule has 0 saturated carbocycles. The van der Waals surface area contributed by atoms with Crippen LogP contribution >= 0.6 is 11.6 Å². The fourth-order valence-corrected chi connectivity index (χ4v) is 8.11. The van der Waals surface area contributed by atoms with Crippen molar-refractivity contribution in [3.8, 4) is 11.7 Å². The molecule has 0 N–H and O–H groups in total. The molecule has 8 rings (SSSR count). The van der Waals surface area contributed by atoms with E-state index in [-0.39, 0.29) is 29.7 Å². The highest BCUT2D eigenvalue weighted by Crippen LogP contribution is 2.39. The monoisotopic (exact) mass is 737 g/mol. The van der Waals surface area contributed by atoms with Crippen molar-refractivity contribution in [3.63, 3.8) is 0 Å². The summed E-state index contributed by atoms with van der Waals surface area (Å²) in [6.45, 7) is 3.08. The van der Waals surface area contributed by atoms with Crippen LogP contribution in [0.3, 0.4) is 0 Å². The Bertz CT molecular complexity index is 2200. The van der Waals surface area contributed by atoms with E-state index in [1.807, 2.05) is 36.2 Å². The van der Waals surface area contributed by atoms with Gasteiger partial charge in [0.2, 0.25) is 11.6 Å². The van der Waals surface area contributed by atoms with Crippen molar-refractivity contribution in [2.24, 2.45) is 0 Å². The van der Waals surface area contributed by atoms with E-state index < -0.39 is 29.7 Å². The molecule has 3 aromatic heterocycles. The number of rotatable bonds is 8. The van der Waals surface area contributed by atoms with E-state index in [4.69, 9.17) is 21.3 Å². The number of hydrogen-bond acceptors (Lipinski definition) is 9. The van der Waals surface area contributed by atoms with Crippen LogP contribution in [0.5, 0.6) is 6.01 Å².